The van der Waals surface area contributed by atoms with Gasteiger partial charge in [-0.1, -0.05) is 158 Å². The molecule has 0 fully saturated rings. The van der Waals surface area contributed by atoms with E-state index in [9.17, 15) is 0 Å². The molecule has 3 heteroatoms. The minimum absolute atomic E-state index is 0.903. The Hall–Kier alpha value is -8.40. The van der Waals surface area contributed by atoms with Crippen molar-refractivity contribution in [1.82, 2.24) is 0 Å². The molecule has 2 aromatic heterocycles. The Morgan fingerprint density at radius 3 is 1.46 bits per heavy atom. The van der Waals surface area contributed by atoms with Gasteiger partial charge in [-0.05, 0) is 121 Å². The smallest absolute Gasteiger partial charge is 0.143 e. The summed E-state index contributed by atoms with van der Waals surface area (Å²) in [4.78, 5) is 2.34. The van der Waals surface area contributed by atoms with Crippen LogP contribution in [-0.4, -0.2) is 0 Å². The Bertz CT molecular complexity index is 3880. The zero-order chi connectivity index (χ0) is 41.4. The molecule has 13 rings (SSSR count). The Labute approximate surface area is 363 Å². The van der Waals surface area contributed by atoms with Gasteiger partial charge in [-0.3, -0.25) is 0 Å². The quantitative estimate of drug-likeness (QED) is 0.157. The van der Waals surface area contributed by atoms with Gasteiger partial charge >= 0.3 is 0 Å². The fraction of sp³-hybridized carbons (Fsp3) is 0. The fourth-order valence-electron chi connectivity index (χ4n) is 9.89. The van der Waals surface area contributed by atoms with E-state index in [2.05, 4.69) is 211 Å². The van der Waals surface area contributed by atoms with Crippen molar-refractivity contribution in [3.05, 3.63) is 224 Å². The second-order valence-electron chi connectivity index (χ2n) is 16.4. The maximum absolute atomic E-state index is 6.43. The highest BCUT2D eigenvalue weighted by Gasteiger charge is 2.19. The van der Waals surface area contributed by atoms with Crippen LogP contribution < -0.4 is 4.90 Å². The molecule has 11 aromatic carbocycles. The van der Waals surface area contributed by atoms with Crippen LogP contribution in [0.5, 0.6) is 0 Å². The lowest BCUT2D eigenvalue weighted by Crippen LogP contribution is -2.09. The monoisotopic (exact) mass is 803 g/mol. The van der Waals surface area contributed by atoms with Gasteiger partial charge in [0.05, 0.1) is 0 Å². The third-order valence-corrected chi connectivity index (χ3v) is 12.9. The number of nitrogens with zero attached hydrogens (tertiary/aromatic N) is 1. The largest absolute Gasteiger partial charge is 0.456 e. The molecule has 0 amide bonds. The first-order valence-corrected chi connectivity index (χ1v) is 21.5. The zero-order valence-electron chi connectivity index (χ0n) is 34.1. The van der Waals surface area contributed by atoms with Gasteiger partial charge < -0.3 is 13.7 Å². The van der Waals surface area contributed by atoms with Gasteiger partial charge in [0.15, 0.2) is 0 Å². The molecule has 0 atom stereocenters. The Morgan fingerprint density at radius 2 is 0.746 bits per heavy atom. The Morgan fingerprint density at radius 1 is 0.254 bits per heavy atom. The van der Waals surface area contributed by atoms with Gasteiger partial charge in [0.2, 0.25) is 0 Å². The van der Waals surface area contributed by atoms with E-state index in [0.717, 1.165) is 72.2 Å². The molecule has 0 saturated heterocycles. The SMILES string of the molecule is c1ccc(-c2ccc(N(c3ccc(-c4ccc5c6ccccc6c6c(ccc7oc8ccccc8c76)c5c4)cc3)c3ccc(-c4cccc5c4oc4ccccc45)cc3)cc2)cc1. The molecule has 294 valence electrons. The minimum Gasteiger partial charge on any atom is -0.456 e. The molecule has 0 bridgehead atoms. The average molecular weight is 804 g/mol. The molecule has 3 nitrogen and oxygen atoms in total. The highest BCUT2D eigenvalue weighted by atomic mass is 16.3. The summed E-state index contributed by atoms with van der Waals surface area (Å²) in [6.07, 6.45) is 0. The fourth-order valence-corrected chi connectivity index (χ4v) is 9.89. The Balaban J connectivity index is 0.919. The van der Waals surface area contributed by atoms with Crippen molar-refractivity contribution in [3.8, 4) is 33.4 Å². The van der Waals surface area contributed by atoms with Crippen molar-refractivity contribution in [2.75, 3.05) is 4.90 Å². The molecule has 0 aliphatic carbocycles. The summed E-state index contributed by atoms with van der Waals surface area (Å²) in [7, 11) is 0. The van der Waals surface area contributed by atoms with Crippen LogP contribution in [0.15, 0.2) is 233 Å². The van der Waals surface area contributed by atoms with Crippen molar-refractivity contribution < 1.29 is 8.83 Å². The molecule has 0 unspecified atom stereocenters. The van der Waals surface area contributed by atoms with Crippen molar-refractivity contribution in [2.45, 2.75) is 0 Å². The number of fused-ring (bicyclic) bond motifs is 13. The van der Waals surface area contributed by atoms with Crippen LogP contribution in [0.4, 0.5) is 17.1 Å². The molecule has 0 saturated carbocycles. The van der Waals surface area contributed by atoms with E-state index in [1.165, 1.54) is 54.4 Å². The summed E-state index contributed by atoms with van der Waals surface area (Å²) in [6.45, 7) is 0. The number of benzene rings is 11. The van der Waals surface area contributed by atoms with Crippen molar-refractivity contribution in [3.63, 3.8) is 0 Å². The maximum Gasteiger partial charge on any atom is 0.143 e. The van der Waals surface area contributed by atoms with E-state index < -0.39 is 0 Å². The first-order valence-electron chi connectivity index (χ1n) is 21.5. The summed E-state index contributed by atoms with van der Waals surface area (Å²) in [5, 5.41) is 12.0. The summed E-state index contributed by atoms with van der Waals surface area (Å²) in [5.74, 6) is 0. The van der Waals surface area contributed by atoms with Gasteiger partial charge in [0, 0.05) is 49.6 Å². The molecule has 13 aromatic rings. The maximum atomic E-state index is 6.43. The van der Waals surface area contributed by atoms with E-state index in [0.29, 0.717) is 0 Å². The van der Waals surface area contributed by atoms with Crippen LogP contribution in [0, 0.1) is 0 Å². The summed E-state index contributed by atoms with van der Waals surface area (Å²) >= 11 is 0. The predicted molar refractivity (Wildman–Crippen MR) is 265 cm³/mol. The minimum atomic E-state index is 0.903. The zero-order valence-corrected chi connectivity index (χ0v) is 34.1. The predicted octanol–water partition coefficient (Wildman–Crippen LogP) is 17.4. The summed E-state index contributed by atoms with van der Waals surface area (Å²) in [5.41, 5.74) is 13.8. The number of hydrogen-bond donors (Lipinski definition) is 0. The lowest BCUT2D eigenvalue weighted by Gasteiger charge is -2.26. The molecule has 0 spiro atoms. The van der Waals surface area contributed by atoms with Gasteiger partial charge in [-0.25, -0.2) is 0 Å². The van der Waals surface area contributed by atoms with Crippen LogP contribution in [0.25, 0.3) is 110 Å². The number of hydrogen-bond acceptors (Lipinski definition) is 3. The lowest BCUT2D eigenvalue weighted by atomic mass is 9.90. The molecular weight excluding hydrogens is 767 g/mol. The molecule has 0 radical (unpaired) electrons. The molecule has 0 aliphatic heterocycles. The Kier molecular flexibility index (Phi) is 7.91. The van der Waals surface area contributed by atoms with E-state index in [1.807, 2.05) is 18.2 Å². The standard InChI is InChI=1S/C60H37NO2/c1-2-11-38(12-3-1)39-21-28-43(29-22-39)61(45-32-25-41(26-33-45)46-17-10-18-52-49-14-6-8-19-55(49)63-60(46)52)44-30-23-40(24-31-44)42-27-34-48-47-13-4-5-15-50(47)58-51(54(48)37-42)35-36-57-59(58)53-16-7-9-20-56(53)62-57/h1-37H. The van der Waals surface area contributed by atoms with Crippen LogP contribution in [0.1, 0.15) is 0 Å². The number of furan rings is 2. The van der Waals surface area contributed by atoms with E-state index in [-0.39, 0.29) is 0 Å². The van der Waals surface area contributed by atoms with Crippen molar-refractivity contribution in [2.24, 2.45) is 0 Å². The lowest BCUT2D eigenvalue weighted by molar-refractivity contribution is 0.669. The van der Waals surface area contributed by atoms with Gasteiger partial charge in [0.1, 0.15) is 22.3 Å². The first kappa shape index (κ1) is 35.4. The van der Waals surface area contributed by atoms with Crippen LogP contribution in [0.3, 0.4) is 0 Å². The van der Waals surface area contributed by atoms with Crippen LogP contribution in [-0.2, 0) is 0 Å². The third kappa shape index (κ3) is 5.67. The van der Waals surface area contributed by atoms with Crippen LogP contribution in [0.2, 0.25) is 0 Å². The van der Waals surface area contributed by atoms with Gasteiger partial charge in [0.25, 0.3) is 0 Å². The highest BCUT2D eigenvalue weighted by Crippen LogP contribution is 2.44. The van der Waals surface area contributed by atoms with Crippen LogP contribution >= 0.6 is 0 Å². The second kappa shape index (κ2) is 14.1. The summed E-state index contributed by atoms with van der Waals surface area (Å²) < 4.78 is 12.8. The molecule has 0 N–H and O–H groups in total. The normalized spacial score (nSPS) is 11.8. The van der Waals surface area contributed by atoms with Crippen molar-refractivity contribution >= 4 is 93.3 Å². The average Bonchev–Trinajstić information content (AvgIpc) is 3.94. The van der Waals surface area contributed by atoms with E-state index in [1.54, 1.807) is 0 Å². The number of anilines is 3. The van der Waals surface area contributed by atoms with E-state index >= 15 is 0 Å². The van der Waals surface area contributed by atoms with Gasteiger partial charge in [-0.15, -0.1) is 0 Å². The molecule has 63 heavy (non-hydrogen) atoms. The van der Waals surface area contributed by atoms with Crippen molar-refractivity contribution in [1.29, 1.82) is 0 Å². The molecule has 0 aliphatic rings. The molecular formula is C60H37NO2. The topological polar surface area (TPSA) is 29.5 Å². The number of rotatable bonds is 6. The third-order valence-electron chi connectivity index (χ3n) is 12.9. The summed E-state index contributed by atoms with van der Waals surface area (Å²) in [6, 6.07) is 80.4. The molecule has 2 heterocycles. The number of para-hydroxylation sites is 3. The van der Waals surface area contributed by atoms with Gasteiger partial charge in [-0.2, -0.15) is 0 Å². The second-order valence-corrected chi connectivity index (χ2v) is 16.4. The first-order chi connectivity index (χ1) is 31.2. The van der Waals surface area contributed by atoms with E-state index in [4.69, 9.17) is 8.83 Å². The highest BCUT2D eigenvalue weighted by molar-refractivity contribution is 6.34.